The van der Waals surface area contributed by atoms with Crippen LogP contribution in [0.15, 0.2) is 24.3 Å². The average molecular weight is 252 g/mol. The lowest BCUT2D eigenvalue weighted by atomic mass is 9.85. The maximum atomic E-state index is 11.5. The van der Waals surface area contributed by atoms with Crippen molar-refractivity contribution in [2.75, 3.05) is 11.5 Å². The largest absolute Gasteiger partial charge is 0.298 e. The van der Waals surface area contributed by atoms with Gasteiger partial charge in [-0.15, -0.1) is 0 Å². The maximum absolute atomic E-state index is 11.5. The molecule has 1 aromatic carbocycles. The topological polar surface area (TPSA) is 51.2 Å². The van der Waals surface area contributed by atoms with Gasteiger partial charge < -0.3 is 0 Å². The van der Waals surface area contributed by atoms with Crippen molar-refractivity contribution in [3.8, 4) is 0 Å². The molecule has 0 spiro atoms. The van der Waals surface area contributed by atoms with Crippen LogP contribution in [-0.4, -0.2) is 26.2 Å². The number of aldehydes is 1. The van der Waals surface area contributed by atoms with Crippen LogP contribution in [0.2, 0.25) is 0 Å². The smallest absolute Gasteiger partial charge is 0.150 e. The summed E-state index contributed by atoms with van der Waals surface area (Å²) in [5.41, 5.74) is 1.63. The zero-order chi connectivity index (χ0) is 12.5. The molecule has 0 N–H and O–H groups in total. The standard InChI is InChI=1S/C13H16O3S/c1-10(12-6-7-17(15,16)9-12)13-5-3-2-4-11(13)8-14/h2-5,8,10,12H,6-7,9H2,1H3. The van der Waals surface area contributed by atoms with Crippen molar-refractivity contribution in [1.29, 1.82) is 0 Å². The molecule has 1 fully saturated rings. The van der Waals surface area contributed by atoms with Crippen molar-refractivity contribution < 1.29 is 13.2 Å². The summed E-state index contributed by atoms with van der Waals surface area (Å²) in [4.78, 5) is 11.0. The second kappa shape index (κ2) is 4.61. The summed E-state index contributed by atoms with van der Waals surface area (Å²) in [6, 6.07) is 7.41. The number of rotatable bonds is 3. The Morgan fingerprint density at radius 3 is 2.65 bits per heavy atom. The van der Waals surface area contributed by atoms with Crippen molar-refractivity contribution in [1.82, 2.24) is 0 Å². The minimum atomic E-state index is -2.86. The van der Waals surface area contributed by atoms with Crippen LogP contribution in [0.1, 0.15) is 35.2 Å². The van der Waals surface area contributed by atoms with Crippen molar-refractivity contribution in [3.05, 3.63) is 35.4 Å². The molecule has 0 amide bonds. The summed E-state index contributed by atoms with van der Waals surface area (Å²) < 4.78 is 22.9. The molecule has 4 heteroatoms. The quantitative estimate of drug-likeness (QED) is 0.773. The van der Waals surface area contributed by atoms with Crippen LogP contribution >= 0.6 is 0 Å². The fourth-order valence-electron chi connectivity index (χ4n) is 2.50. The van der Waals surface area contributed by atoms with Gasteiger partial charge in [0.05, 0.1) is 11.5 Å². The highest BCUT2D eigenvalue weighted by Crippen LogP contribution is 2.33. The highest BCUT2D eigenvalue weighted by atomic mass is 32.2. The molecular weight excluding hydrogens is 236 g/mol. The van der Waals surface area contributed by atoms with E-state index in [0.717, 1.165) is 11.8 Å². The van der Waals surface area contributed by atoms with Crippen LogP contribution in [-0.2, 0) is 9.84 Å². The Morgan fingerprint density at radius 1 is 1.35 bits per heavy atom. The molecule has 1 saturated heterocycles. The first-order valence-corrected chi connectivity index (χ1v) is 7.60. The summed E-state index contributed by atoms with van der Waals surface area (Å²) in [7, 11) is -2.86. The third kappa shape index (κ3) is 2.57. The van der Waals surface area contributed by atoms with E-state index >= 15 is 0 Å². The first-order chi connectivity index (χ1) is 8.03. The van der Waals surface area contributed by atoms with E-state index in [0.29, 0.717) is 12.0 Å². The normalized spacial score (nSPS) is 24.4. The van der Waals surface area contributed by atoms with Crippen molar-refractivity contribution in [3.63, 3.8) is 0 Å². The third-order valence-electron chi connectivity index (χ3n) is 3.59. The molecule has 1 aliphatic heterocycles. The average Bonchev–Trinajstić information content (AvgIpc) is 2.68. The van der Waals surface area contributed by atoms with Gasteiger partial charge in [0.25, 0.3) is 0 Å². The maximum Gasteiger partial charge on any atom is 0.150 e. The Labute approximate surface area is 102 Å². The molecule has 0 aromatic heterocycles. The van der Waals surface area contributed by atoms with Crippen LogP contribution < -0.4 is 0 Å². The van der Waals surface area contributed by atoms with E-state index in [1.165, 1.54) is 0 Å². The molecule has 2 rings (SSSR count). The zero-order valence-electron chi connectivity index (χ0n) is 9.80. The SMILES string of the molecule is CC(c1ccccc1C=O)C1CCS(=O)(=O)C1. The second-order valence-corrected chi connectivity index (χ2v) is 6.93. The van der Waals surface area contributed by atoms with Gasteiger partial charge in [0.2, 0.25) is 0 Å². The van der Waals surface area contributed by atoms with E-state index in [4.69, 9.17) is 0 Å². The van der Waals surface area contributed by atoms with Crippen LogP contribution in [0.5, 0.6) is 0 Å². The molecule has 0 aliphatic carbocycles. The fourth-order valence-corrected chi connectivity index (χ4v) is 4.44. The molecule has 1 aromatic rings. The minimum absolute atomic E-state index is 0.119. The Bertz CT molecular complexity index is 519. The monoisotopic (exact) mass is 252 g/mol. The number of carbonyl (C=O) groups excluding carboxylic acids is 1. The van der Waals surface area contributed by atoms with Crippen LogP contribution in [0.25, 0.3) is 0 Å². The zero-order valence-corrected chi connectivity index (χ0v) is 10.6. The summed E-state index contributed by atoms with van der Waals surface area (Å²) in [5, 5.41) is 0. The summed E-state index contributed by atoms with van der Waals surface area (Å²) >= 11 is 0. The number of hydrogen-bond acceptors (Lipinski definition) is 3. The van der Waals surface area contributed by atoms with Gasteiger partial charge in [0.15, 0.2) is 9.84 Å². The second-order valence-electron chi connectivity index (χ2n) is 4.70. The van der Waals surface area contributed by atoms with E-state index in [1.54, 1.807) is 6.07 Å². The van der Waals surface area contributed by atoms with E-state index in [1.807, 2.05) is 25.1 Å². The molecule has 17 heavy (non-hydrogen) atoms. The van der Waals surface area contributed by atoms with Gasteiger partial charge in [-0.3, -0.25) is 4.79 Å². The first-order valence-electron chi connectivity index (χ1n) is 5.78. The van der Waals surface area contributed by atoms with Crippen LogP contribution in [0, 0.1) is 5.92 Å². The molecule has 2 atom stereocenters. The predicted molar refractivity (Wildman–Crippen MR) is 67.0 cm³/mol. The Kier molecular flexibility index (Phi) is 3.33. The lowest BCUT2D eigenvalue weighted by Gasteiger charge is -2.19. The number of sulfone groups is 1. The molecule has 0 saturated carbocycles. The van der Waals surface area contributed by atoms with Gasteiger partial charge in [-0.2, -0.15) is 0 Å². The molecular formula is C13H16O3S. The summed E-state index contributed by atoms with van der Waals surface area (Å²) in [5.74, 6) is 0.793. The molecule has 1 heterocycles. The number of hydrogen-bond donors (Lipinski definition) is 0. The van der Waals surface area contributed by atoms with Crippen LogP contribution in [0.3, 0.4) is 0 Å². The first kappa shape index (κ1) is 12.3. The van der Waals surface area contributed by atoms with E-state index in [-0.39, 0.29) is 23.3 Å². The van der Waals surface area contributed by atoms with Gasteiger partial charge in [0, 0.05) is 5.56 Å². The van der Waals surface area contributed by atoms with E-state index in [9.17, 15) is 13.2 Å². The van der Waals surface area contributed by atoms with Crippen molar-refractivity contribution in [2.45, 2.75) is 19.3 Å². The Morgan fingerprint density at radius 2 is 2.06 bits per heavy atom. The number of carbonyl (C=O) groups is 1. The molecule has 92 valence electrons. The third-order valence-corrected chi connectivity index (χ3v) is 5.38. The summed E-state index contributed by atoms with van der Waals surface area (Å²) in [6.07, 6.45) is 1.55. The summed E-state index contributed by atoms with van der Waals surface area (Å²) in [6.45, 7) is 2.01. The Balaban J connectivity index is 2.26. The molecule has 0 bridgehead atoms. The predicted octanol–water partition coefficient (Wildman–Crippen LogP) is 2.04. The van der Waals surface area contributed by atoms with E-state index < -0.39 is 9.84 Å². The lowest BCUT2D eigenvalue weighted by molar-refractivity contribution is 0.112. The van der Waals surface area contributed by atoms with E-state index in [2.05, 4.69) is 0 Å². The van der Waals surface area contributed by atoms with Gasteiger partial charge >= 0.3 is 0 Å². The van der Waals surface area contributed by atoms with Crippen LogP contribution in [0.4, 0.5) is 0 Å². The highest BCUT2D eigenvalue weighted by Gasteiger charge is 2.32. The highest BCUT2D eigenvalue weighted by molar-refractivity contribution is 7.91. The minimum Gasteiger partial charge on any atom is -0.298 e. The van der Waals surface area contributed by atoms with Gasteiger partial charge in [0.1, 0.15) is 6.29 Å². The van der Waals surface area contributed by atoms with Crippen molar-refractivity contribution >= 4 is 16.1 Å². The van der Waals surface area contributed by atoms with Gasteiger partial charge in [-0.25, -0.2) is 8.42 Å². The van der Waals surface area contributed by atoms with Gasteiger partial charge in [-0.05, 0) is 23.8 Å². The van der Waals surface area contributed by atoms with Gasteiger partial charge in [-0.1, -0.05) is 31.2 Å². The fraction of sp³-hybridized carbons (Fsp3) is 0.462. The Hall–Kier alpha value is -1.16. The van der Waals surface area contributed by atoms with Crippen molar-refractivity contribution in [2.24, 2.45) is 5.92 Å². The molecule has 0 radical (unpaired) electrons. The number of benzene rings is 1. The molecule has 1 aliphatic rings. The molecule has 3 nitrogen and oxygen atoms in total. The lowest BCUT2D eigenvalue weighted by Crippen LogP contribution is -2.13. The molecule has 2 unspecified atom stereocenters.